The summed E-state index contributed by atoms with van der Waals surface area (Å²) >= 11 is 0. The second kappa shape index (κ2) is 5.60. The number of aromatic hydroxyl groups is 1. The molecule has 1 aliphatic rings. The van der Waals surface area contributed by atoms with Crippen molar-refractivity contribution >= 4 is 11.6 Å². The van der Waals surface area contributed by atoms with Gasteiger partial charge in [0.2, 0.25) is 5.91 Å². The van der Waals surface area contributed by atoms with Gasteiger partial charge in [0.05, 0.1) is 11.8 Å². The van der Waals surface area contributed by atoms with Crippen molar-refractivity contribution in [2.45, 2.75) is 19.4 Å². The van der Waals surface area contributed by atoms with E-state index in [9.17, 15) is 14.3 Å². The predicted molar refractivity (Wildman–Crippen MR) is 80.9 cm³/mol. The zero-order valence-corrected chi connectivity index (χ0v) is 12.0. The van der Waals surface area contributed by atoms with Gasteiger partial charge >= 0.3 is 0 Å². The Balaban J connectivity index is 1.94. The fraction of sp³-hybridized carbons (Fsp3) is 0.176. The number of benzene rings is 2. The predicted octanol–water partition coefficient (Wildman–Crippen LogP) is 3.23. The Morgan fingerprint density at radius 3 is 2.64 bits per heavy atom. The first-order chi connectivity index (χ1) is 10.5. The lowest BCUT2D eigenvalue weighted by Crippen LogP contribution is -2.24. The van der Waals surface area contributed by atoms with Gasteiger partial charge in [-0.2, -0.15) is 5.10 Å². The van der Waals surface area contributed by atoms with Gasteiger partial charge in [-0.15, -0.1) is 0 Å². The minimum atomic E-state index is -0.315. The van der Waals surface area contributed by atoms with Crippen LogP contribution in [-0.4, -0.2) is 21.7 Å². The maximum Gasteiger partial charge on any atom is 0.240 e. The van der Waals surface area contributed by atoms with Crippen molar-refractivity contribution in [3.63, 3.8) is 0 Å². The van der Waals surface area contributed by atoms with Crippen LogP contribution in [0.25, 0.3) is 0 Å². The highest BCUT2D eigenvalue weighted by Crippen LogP contribution is 2.33. The Morgan fingerprint density at radius 1 is 1.27 bits per heavy atom. The van der Waals surface area contributed by atoms with Gasteiger partial charge in [-0.1, -0.05) is 24.3 Å². The number of phenolic OH excluding ortho intramolecular Hbond substituents is 1. The van der Waals surface area contributed by atoms with Crippen molar-refractivity contribution in [2.75, 3.05) is 0 Å². The van der Waals surface area contributed by atoms with Crippen LogP contribution >= 0.6 is 0 Å². The highest BCUT2D eigenvalue weighted by atomic mass is 19.1. The van der Waals surface area contributed by atoms with Gasteiger partial charge in [0.25, 0.3) is 0 Å². The number of halogens is 1. The molecule has 0 fully saturated rings. The molecule has 0 radical (unpaired) electrons. The lowest BCUT2D eigenvalue weighted by atomic mass is 9.98. The van der Waals surface area contributed by atoms with E-state index in [1.165, 1.54) is 24.1 Å². The lowest BCUT2D eigenvalue weighted by molar-refractivity contribution is -0.130. The molecule has 1 aliphatic heterocycles. The smallest absolute Gasteiger partial charge is 0.240 e. The van der Waals surface area contributed by atoms with Crippen LogP contribution in [0.3, 0.4) is 0 Å². The van der Waals surface area contributed by atoms with E-state index in [4.69, 9.17) is 0 Å². The highest BCUT2D eigenvalue weighted by Gasteiger charge is 2.31. The van der Waals surface area contributed by atoms with E-state index in [0.29, 0.717) is 6.42 Å². The number of phenols is 1. The molecule has 0 aliphatic carbocycles. The van der Waals surface area contributed by atoms with Crippen LogP contribution in [0, 0.1) is 5.82 Å². The molecule has 4 nitrogen and oxygen atoms in total. The lowest BCUT2D eigenvalue weighted by Gasteiger charge is -2.20. The second-order valence-electron chi connectivity index (χ2n) is 5.23. The van der Waals surface area contributed by atoms with Crippen LogP contribution in [0.15, 0.2) is 53.6 Å². The van der Waals surface area contributed by atoms with Gasteiger partial charge in [0.1, 0.15) is 11.6 Å². The zero-order chi connectivity index (χ0) is 15.7. The fourth-order valence-corrected chi connectivity index (χ4v) is 2.61. The molecule has 1 N–H and O–H groups in total. The number of hydrazone groups is 1. The Kier molecular flexibility index (Phi) is 3.63. The molecule has 22 heavy (non-hydrogen) atoms. The first-order valence-corrected chi connectivity index (χ1v) is 6.97. The Bertz CT molecular complexity index is 741. The van der Waals surface area contributed by atoms with E-state index in [2.05, 4.69) is 5.10 Å². The quantitative estimate of drug-likeness (QED) is 0.925. The number of hydrogen-bond acceptors (Lipinski definition) is 3. The molecule has 0 aromatic heterocycles. The highest BCUT2D eigenvalue weighted by molar-refractivity contribution is 6.03. The molecule has 0 spiro atoms. The van der Waals surface area contributed by atoms with Crippen LogP contribution in [0.4, 0.5) is 4.39 Å². The normalized spacial score (nSPS) is 17.5. The molecule has 3 rings (SSSR count). The molecule has 0 unspecified atom stereocenters. The molecule has 0 saturated heterocycles. The summed E-state index contributed by atoms with van der Waals surface area (Å²) in [4.78, 5) is 11.8. The average Bonchev–Trinajstić information content (AvgIpc) is 2.93. The first kappa shape index (κ1) is 14.3. The van der Waals surface area contributed by atoms with Gasteiger partial charge in [0.15, 0.2) is 0 Å². The van der Waals surface area contributed by atoms with Gasteiger partial charge < -0.3 is 5.11 Å². The molecule has 1 atom stereocenters. The molecule has 1 amide bonds. The van der Waals surface area contributed by atoms with Gasteiger partial charge in [0, 0.05) is 18.9 Å². The third-order valence-electron chi connectivity index (χ3n) is 3.67. The van der Waals surface area contributed by atoms with E-state index in [1.54, 1.807) is 30.3 Å². The summed E-state index contributed by atoms with van der Waals surface area (Å²) in [6.45, 7) is 1.45. The summed E-state index contributed by atoms with van der Waals surface area (Å²) in [5.41, 5.74) is 2.33. The number of nitrogens with zero attached hydrogens (tertiary/aromatic N) is 2. The molecule has 0 saturated carbocycles. The summed E-state index contributed by atoms with van der Waals surface area (Å²) in [5, 5.41) is 15.4. The van der Waals surface area contributed by atoms with Crippen molar-refractivity contribution in [3.8, 4) is 5.75 Å². The number of carbonyl (C=O) groups excluding carboxylic acids is 1. The number of amides is 1. The van der Waals surface area contributed by atoms with Crippen LogP contribution in [-0.2, 0) is 4.79 Å². The summed E-state index contributed by atoms with van der Waals surface area (Å²) in [6.07, 6.45) is 0.522. The summed E-state index contributed by atoms with van der Waals surface area (Å²) < 4.78 is 13.1. The van der Waals surface area contributed by atoms with Crippen molar-refractivity contribution in [1.82, 2.24) is 5.01 Å². The first-order valence-electron chi connectivity index (χ1n) is 6.97. The Labute approximate surface area is 127 Å². The monoisotopic (exact) mass is 298 g/mol. The molecule has 5 heteroatoms. The fourth-order valence-electron chi connectivity index (χ4n) is 2.61. The van der Waals surface area contributed by atoms with Gasteiger partial charge in [-0.3, -0.25) is 4.79 Å². The van der Waals surface area contributed by atoms with E-state index in [1.807, 2.05) is 6.07 Å². The van der Waals surface area contributed by atoms with E-state index in [0.717, 1.165) is 16.8 Å². The van der Waals surface area contributed by atoms with Crippen LogP contribution in [0.2, 0.25) is 0 Å². The van der Waals surface area contributed by atoms with Gasteiger partial charge in [-0.25, -0.2) is 9.40 Å². The number of carbonyl (C=O) groups is 1. The maximum atomic E-state index is 13.1. The van der Waals surface area contributed by atoms with Crippen molar-refractivity contribution in [2.24, 2.45) is 5.10 Å². The molecule has 2 aromatic rings. The average molecular weight is 298 g/mol. The van der Waals surface area contributed by atoms with E-state index in [-0.39, 0.29) is 23.5 Å². The standard InChI is InChI=1S/C17H15FN2O2/c1-11(21)20-17(12-5-7-14(18)8-6-12)10-16(19-20)13-3-2-4-15(22)9-13/h2-9,17,22H,10H2,1H3/t17-/m0/s1. The molecular weight excluding hydrogens is 283 g/mol. The van der Waals surface area contributed by atoms with Gasteiger partial charge in [-0.05, 0) is 29.8 Å². The maximum absolute atomic E-state index is 13.1. The number of hydrogen-bond donors (Lipinski definition) is 1. The van der Waals surface area contributed by atoms with E-state index < -0.39 is 0 Å². The summed E-state index contributed by atoms with van der Waals surface area (Å²) in [6, 6.07) is 12.6. The molecular formula is C17H15FN2O2. The van der Waals surface area contributed by atoms with Crippen LogP contribution < -0.4 is 0 Å². The summed E-state index contributed by atoms with van der Waals surface area (Å²) in [5.74, 6) is -0.338. The topological polar surface area (TPSA) is 52.9 Å². The third kappa shape index (κ3) is 2.70. The van der Waals surface area contributed by atoms with Crippen molar-refractivity contribution in [1.29, 1.82) is 0 Å². The zero-order valence-electron chi connectivity index (χ0n) is 12.0. The third-order valence-corrected chi connectivity index (χ3v) is 3.67. The minimum absolute atomic E-state index is 0.153. The largest absolute Gasteiger partial charge is 0.508 e. The van der Waals surface area contributed by atoms with Crippen LogP contribution in [0.1, 0.15) is 30.5 Å². The molecule has 112 valence electrons. The number of rotatable bonds is 2. The van der Waals surface area contributed by atoms with Crippen molar-refractivity contribution in [3.05, 3.63) is 65.5 Å². The van der Waals surface area contributed by atoms with Crippen LogP contribution in [0.5, 0.6) is 5.75 Å². The Hall–Kier alpha value is -2.69. The molecule has 1 heterocycles. The van der Waals surface area contributed by atoms with Crippen molar-refractivity contribution < 1.29 is 14.3 Å². The summed E-state index contributed by atoms with van der Waals surface area (Å²) in [7, 11) is 0. The minimum Gasteiger partial charge on any atom is -0.508 e. The SMILES string of the molecule is CC(=O)N1N=C(c2cccc(O)c2)C[C@H]1c1ccc(F)cc1. The molecule has 2 aromatic carbocycles. The Morgan fingerprint density at radius 2 is 2.00 bits per heavy atom. The second-order valence-corrected chi connectivity index (χ2v) is 5.23. The van der Waals surface area contributed by atoms with E-state index >= 15 is 0 Å². The molecule has 0 bridgehead atoms.